The minimum absolute atomic E-state index is 0.0512. The van der Waals surface area contributed by atoms with Gasteiger partial charge in [-0.15, -0.1) is 11.3 Å². The lowest BCUT2D eigenvalue weighted by Gasteiger charge is -2.19. The monoisotopic (exact) mass is 673 g/mol. The van der Waals surface area contributed by atoms with Crippen LogP contribution < -0.4 is 9.47 Å². The van der Waals surface area contributed by atoms with Gasteiger partial charge in [0.05, 0.1) is 26.4 Å². The highest BCUT2D eigenvalue weighted by Gasteiger charge is 2.22. The molecule has 1 aliphatic rings. The fraction of sp³-hybridized carbons (Fsp3) is 0.0952. The normalized spacial score (nSPS) is 13.3. The summed E-state index contributed by atoms with van der Waals surface area (Å²) in [5, 5.41) is 11.7. The van der Waals surface area contributed by atoms with Crippen molar-refractivity contribution in [1.82, 2.24) is 4.90 Å². The van der Waals surface area contributed by atoms with Crippen molar-refractivity contribution >= 4 is 39.9 Å². The van der Waals surface area contributed by atoms with E-state index in [9.17, 15) is 14.9 Å². The number of rotatable bonds is 12. The fourth-order valence-electron chi connectivity index (χ4n) is 5.81. The largest absolute Gasteiger partial charge is 0.497 e. The molecule has 8 heteroatoms. The number of hydrogen-bond donors (Lipinski definition) is 0. The Morgan fingerprint density at radius 1 is 0.720 bits per heavy atom. The van der Waals surface area contributed by atoms with Gasteiger partial charge in [-0.3, -0.25) is 14.5 Å². The molecule has 0 bridgehead atoms. The molecule has 6 rings (SSSR count). The quantitative estimate of drug-likeness (QED) is 0.0435. The van der Waals surface area contributed by atoms with Crippen molar-refractivity contribution in [3.8, 4) is 17.6 Å². The van der Waals surface area contributed by atoms with Gasteiger partial charge in [0, 0.05) is 29.1 Å². The van der Waals surface area contributed by atoms with Gasteiger partial charge in [-0.2, -0.15) is 0 Å². The number of ether oxygens (including phenoxy) is 2. The van der Waals surface area contributed by atoms with Gasteiger partial charge in [0.15, 0.2) is 0 Å². The summed E-state index contributed by atoms with van der Waals surface area (Å²) in [4.78, 5) is 29.3. The lowest BCUT2D eigenvalue weighted by atomic mass is 9.85. The van der Waals surface area contributed by atoms with Crippen LogP contribution in [0.5, 0.6) is 11.5 Å². The minimum Gasteiger partial charge on any atom is -0.497 e. The maximum atomic E-state index is 11.9. The first kappa shape index (κ1) is 33.4. The zero-order chi connectivity index (χ0) is 34.9. The standard InChI is InChI=1S/C42H31N3O4S/c1-44-36(28-43)42(37-10-6-27-50-37)33-13-11-30(12-14-33)40(29-8-4-3-5-9-29)41(31-15-19-34(48-2)20-16-31)32-17-21-35(22-18-32)49-26-7-25-45-38(46)23-24-39(45)47/h3-6,8-24,27H,7,25-26H2,2H3/b41-40-,42-36+. The average Bonchev–Trinajstić information content (AvgIpc) is 3.81. The molecule has 0 saturated heterocycles. The van der Waals surface area contributed by atoms with Crippen LogP contribution in [-0.2, 0) is 9.59 Å². The molecule has 2 heterocycles. The second kappa shape index (κ2) is 15.6. The highest BCUT2D eigenvalue weighted by molar-refractivity contribution is 7.11. The smallest absolute Gasteiger partial charge is 0.270 e. The van der Waals surface area contributed by atoms with Gasteiger partial charge in [-0.1, -0.05) is 84.9 Å². The van der Waals surface area contributed by atoms with Crippen LogP contribution in [0.15, 0.2) is 138 Å². The van der Waals surface area contributed by atoms with E-state index < -0.39 is 0 Å². The number of thiophene rings is 1. The molecule has 1 aromatic heterocycles. The third-order valence-corrected chi connectivity index (χ3v) is 9.10. The topological polar surface area (TPSA) is 84.0 Å². The molecule has 0 atom stereocenters. The Kier molecular flexibility index (Phi) is 10.4. The van der Waals surface area contributed by atoms with Gasteiger partial charge < -0.3 is 9.47 Å². The SMILES string of the molecule is [C-]#[N+]/C(C#N)=C(\c1ccc(/C(=C(/c2ccc(OC)cc2)c2ccc(OCCCN3C(=O)C=CC3=O)cc2)c2ccccc2)cc1)c1cccs1. The Balaban J connectivity index is 1.40. The number of allylic oxidation sites excluding steroid dienone is 1. The summed E-state index contributed by atoms with van der Waals surface area (Å²) >= 11 is 1.49. The molecule has 0 radical (unpaired) electrons. The third-order valence-electron chi connectivity index (χ3n) is 8.21. The van der Waals surface area contributed by atoms with Crippen molar-refractivity contribution in [2.45, 2.75) is 6.42 Å². The van der Waals surface area contributed by atoms with Crippen LogP contribution in [0, 0.1) is 17.9 Å². The van der Waals surface area contributed by atoms with Crippen molar-refractivity contribution in [3.05, 3.63) is 183 Å². The molecule has 2 amide bonds. The Bertz CT molecular complexity index is 2140. The van der Waals surface area contributed by atoms with Gasteiger partial charge in [-0.05, 0) is 81.1 Å². The summed E-state index contributed by atoms with van der Waals surface area (Å²) in [5.74, 6) is 0.828. The number of nitriles is 1. The first-order valence-corrected chi connectivity index (χ1v) is 16.8. The van der Waals surface area contributed by atoms with Crippen LogP contribution >= 0.6 is 11.3 Å². The van der Waals surface area contributed by atoms with Crippen LogP contribution in [0.1, 0.15) is 39.1 Å². The molecule has 50 heavy (non-hydrogen) atoms. The fourth-order valence-corrected chi connectivity index (χ4v) is 6.61. The lowest BCUT2D eigenvalue weighted by Crippen LogP contribution is -2.31. The molecular weight excluding hydrogens is 643 g/mol. The lowest BCUT2D eigenvalue weighted by molar-refractivity contribution is -0.136. The van der Waals surface area contributed by atoms with E-state index in [1.807, 2.05) is 109 Å². The summed E-state index contributed by atoms with van der Waals surface area (Å²) in [6.07, 6.45) is 3.09. The van der Waals surface area contributed by atoms with Crippen LogP contribution in [0.4, 0.5) is 0 Å². The number of benzene rings is 4. The van der Waals surface area contributed by atoms with Crippen molar-refractivity contribution in [2.75, 3.05) is 20.3 Å². The van der Waals surface area contributed by atoms with Crippen molar-refractivity contribution < 1.29 is 19.1 Å². The molecule has 0 fully saturated rings. The molecule has 5 aromatic rings. The predicted octanol–water partition coefficient (Wildman–Crippen LogP) is 8.66. The number of carbonyl (C=O) groups is 2. The number of carbonyl (C=O) groups excluding carboxylic acids is 2. The van der Waals surface area contributed by atoms with Crippen LogP contribution in [0.25, 0.3) is 21.6 Å². The van der Waals surface area contributed by atoms with Gasteiger partial charge in [0.2, 0.25) is 0 Å². The highest BCUT2D eigenvalue weighted by atomic mass is 32.1. The Morgan fingerprint density at radius 2 is 1.24 bits per heavy atom. The molecule has 0 unspecified atom stereocenters. The highest BCUT2D eigenvalue weighted by Crippen LogP contribution is 2.39. The number of hydrogen-bond acceptors (Lipinski definition) is 6. The molecule has 4 aromatic carbocycles. The van der Waals surface area contributed by atoms with Gasteiger partial charge in [0.25, 0.3) is 17.5 Å². The maximum Gasteiger partial charge on any atom is 0.270 e. The van der Waals surface area contributed by atoms with Crippen LogP contribution in [0.2, 0.25) is 0 Å². The first-order valence-electron chi connectivity index (χ1n) is 15.9. The summed E-state index contributed by atoms with van der Waals surface area (Å²) in [7, 11) is 1.64. The van der Waals surface area contributed by atoms with Crippen LogP contribution in [-0.4, -0.2) is 37.0 Å². The number of amides is 2. The summed E-state index contributed by atoms with van der Waals surface area (Å²) < 4.78 is 11.5. The van der Waals surface area contributed by atoms with E-state index in [2.05, 4.69) is 23.0 Å². The van der Waals surface area contributed by atoms with E-state index in [-0.39, 0.29) is 17.5 Å². The zero-order valence-electron chi connectivity index (χ0n) is 27.2. The molecular formula is C42H31N3O4S. The van der Waals surface area contributed by atoms with Crippen LogP contribution in [0.3, 0.4) is 0 Å². The van der Waals surface area contributed by atoms with E-state index in [1.165, 1.54) is 28.4 Å². The predicted molar refractivity (Wildman–Crippen MR) is 196 cm³/mol. The molecule has 244 valence electrons. The summed E-state index contributed by atoms with van der Waals surface area (Å²) in [5.41, 5.74) is 7.36. The van der Waals surface area contributed by atoms with Gasteiger partial charge >= 0.3 is 0 Å². The molecule has 0 saturated carbocycles. The van der Waals surface area contributed by atoms with Gasteiger partial charge in [-0.25, -0.2) is 10.1 Å². The van der Waals surface area contributed by atoms with Crippen molar-refractivity contribution in [1.29, 1.82) is 5.26 Å². The van der Waals surface area contributed by atoms with E-state index in [0.717, 1.165) is 49.6 Å². The second-order valence-corrected chi connectivity index (χ2v) is 12.2. The zero-order valence-corrected chi connectivity index (χ0v) is 28.0. The van der Waals surface area contributed by atoms with E-state index in [0.29, 0.717) is 30.9 Å². The van der Waals surface area contributed by atoms with Gasteiger partial charge in [0.1, 0.15) is 11.5 Å². The second-order valence-electron chi connectivity index (χ2n) is 11.2. The molecule has 1 aliphatic heterocycles. The minimum atomic E-state index is -0.296. The summed E-state index contributed by atoms with van der Waals surface area (Å²) in [6, 6.07) is 40.0. The maximum absolute atomic E-state index is 11.9. The Hall–Kier alpha value is -6.48. The molecule has 0 N–H and O–H groups in total. The molecule has 0 aliphatic carbocycles. The van der Waals surface area contributed by atoms with E-state index >= 15 is 0 Å². The molecule has 7 nitrogen and oxygen atoms in total. The number of methoxy groups -OCH3 is 1. The Morgan fingerprint density at radius 3 is 1.74 bits per heavy atom. The van der Waals surface area contributed by atoms with Crippen molar-refractivity contribution in [3.63, 3.8) is 0 Å². The van der Waals surface area contributed by atoms with E-state index in [4.69, 9.17) is 16.0 Å². The van der Waals surface area contributed by atoms with E-state index in [1.54, 1.807) is 7.11 Å². The number of imide groups is 1. The first-order chi connectivity index (χ1) is 24.5. The van der Waals surface area contributed by atoms with Crippen molar-refractivity contribution in [2.24, 2.45) is 0 Å². The third kappa shape index (κ3) is 7.32. The Labute approximate surface area is 295 Å². The summed E-state index contributed by atoms with van der Waals surface area (Å²) in [6.45, 7) is 8.30. The number of nitrogens with zero attached hydrogens (tertiary/aromatic N) is 3. The molecule has 0 spiro atoms. The average molecular weight is 674 g/mol.